The summed E-state index contributed by atoms with van der Waals surface area (Å²) < 4.78 is 18.5. The molecule has 17 heavy (non-hydrogen) atoms. The number of hydrogen-bond acceptors (Lipinski definition) is 3. The van der Waals surface area contributed by atoms with Crippen LogP contribution in [0.15, 0.2) is 24.8 Å². The van der Waals surface area contributed by atoms with Crippen LogP contribution in [0, 0.1) is 21.8 Å². The minimum Gasteiger partial charge on any atom is -0.492 e. The second kappa shape index (κ2) is 4.53. The fraction of sp³-hybridized carbons (Fsp3) is 0.333. The van der Waals surface area contributed by atoms with Gasteiger partial charge in [0.25, 0.3) is 0 Å². The Hall–Kier alpha value is -1.91. The van der Waals surface area contributed by atoms with Crippen molar-refractivity contribution in [2.45, 2.75) is 6.42 Å². The lowest BCUT2D eigenvalue weighted by Crippen LogP contribution is -2.22. The van der Waals surface area contributed by atoms with Gasteiger partial charge in [-0.15, -0.1) is 0 Å². The maximum absolute atomic E-state index is 13.1. The first kappa shape index (κ1) is 11.6. The van der Waals surface area contributed by atoms with E-state index in [1.165, 1.54) is 12.1 Å². The predicted molar refractivity (Wildman–Crippen MR) is 60.9 cm³/mol. The summed E-state index contributed by atoms with van der Waals surface area (Å²) in [5, 5.41) is 10.3. The Bertz CT molecular complexity index is 473. The Balaban J connectivity index is 2.17. The Morgan fingerprint density at radius 1 is 1.59 bits per heavy atom. The van der Waals surface area contributed by atoms with Crippen molar-refractivity contribution in [3.05, 3.63) is 46.3 Å². The molecule has 0 aliphatic carbocycles. The highest BCUT2D eigenvalue weighted by Crippen LogP contribution is 2.36. The van der Waals surface area contributed by atoms with E-state index in [1.807, 2.05) is 0 Å². The molecule has 1 unspecified atom stereocenters. The van der Waals surface area contributed by atoms with Gasteiger partial charge >= 0.3 is 0 Å². The summed E-state index contributed by atoms with van der Waals surface area (Å²) in [6, 6.07) is 4.24. The molecular formula is C12H12FNO3. The molecule has 5 heteroatoms. The van der Waals surface area contributed by atoms with Crippen molar-refractivity contribution in [3.63, 3.8) is 0 Å². The maximum Gasteiger partial charge on any atom is 0.204 e. The molecule has 1 heterocycles. The number of fused-ring (bicyclic) bond motifs is 1. The monoisotopic (exact) mass is 237 g/mol. The third-order valence-electron chi connectivity index (χ3n) is 2.88. The lowest BCUT2D eigenvalue weighted by atomic mass is 9.89. The number of nitrogens with zero attached hydrogens (tertiary/aromatic N) is 1. The van der Waals surface area contributed by atoms with Gasteiger partial charge in [-0.2, -0.15) is 0 Å². The van der Waals surface area contributed by atoms with Crippen molar-refractivity contribution >= 4 is 5.57 Å². The molecule has 0 aromatic heterocycles. The van der Waals surface area contributed by atoms with E-state index in [0.717, 1.165) is 0 Å². The maximum atomic E-state index is 13.1. The van der Waals surface area contributed by atoms with Crippen LogP contribution >= 0.6 is 0 Å². The van der Waals surface area contributed by atoms with Crippen molar-refractivity contribution in [2.75, 3.05) is 13.2 Å². The minimum absolute atomic E-state index is 0.116. The quantitative estimate of drug-likeness (QED) is 0.599. The molecular weight excluding hydrogens is 225 g/mol. The Morgan fingerprint density at radius 3 is 3.06 bits per heavy atom. The summed E-state index contributed by atoms with van der Waals surface area (Å²) in [6.45, 7) is 4.13. The molecule has 0 saturated heterocycles. The molecule has 1 aromatic carbocycles. The van der Waals surface area contributed by atoms with Gasteiger partial charge in [0.15, 0.2) is 0 Å². The second-order valence-electron chi connectivity index (χ2n) is 4.02. The number of rotatable bonds is 3. The molecule has 0 fully saturated rings. The van der Waals surface area contributed by atoms with Crippen LogP contribution in [0.3, 0.4) is 0 Å². The zero-order chi connectivity index (χ0) is 12.4. The molecule has 90 valence electrons. The van der Waals surface area contributed by atoms with Crippen molar-refractivity contribution < 1.29 is 14.1 Å². The summed E-state index contributed by atoms with van der Waals surface area (Å²) in [4.78, 5) is 9.96. The standard InChI is InChI=1S/C12H12FNO3/c1-8-9(4-5-14(15)16)7-17-12-3-2-10(13)6-11(8)12/h2-3,6,9H,1,4-5,7H2. The smallest absolute Gasteiger partial charge is 0.204 e. The third-order valence-corrected chi connectivity index (χ3v) is 2.88. The van der Waals surface area contributed by atoms with Crippen molar-refractivity contribution in [1.82, 2.24) is 0 Å². The van der Waals surface area contributed by atoms with E-state index in [1.54, 1.807) is 6.07 Å². The average molecular weight is 237 g/mol. The van der Waals surface area contributed by atoms with E-state index in [-0.39, 0.29) is 23.2 Å². The molecule has 1 aliphatic heterocycles. The molecule has 0 amide bonds. The van der Waals surface area contributed by atoms with Crippen LogP contribution in [-0.4, -0.2) is 18.1 Å². The van der Waals surface area contributed by atoms with E-state index < -0.39 is 0 Å². The topological polar surface area (TPSA) is 52.4 Å². The second-order valence-corrected chi connectivity index (χ2v) is 4.02. The Labute approximate surface area is 97.9 Å². The number of hydrogen-bond donors (Lipinski definition) is 0. The number of halogens is 1. The first-order valence-electron chi connectivity index (χ1n) is 5.31. The van der Waals surface area contributed by atoms with Crippen LogP contribution in [0.5, 0.6) is 5.75 Å². The van der Waals surface area contributed by atoms with E-state index >= 15 is 0 Å². The van der Waals surface area contributed by atoms with Crippen molar-refractivity contribution in [1.29, 1.82) is 0 Å². The third kappa shape index (κ3) is 2.43. The molecule has 0 radical (unpaired) electrons. The van der Waals surface area contributed by atoms with Crippen molar-refractivity contribution in [2.24, 2.45) is 5.92 Å². The van der Waals surface area contributed by atoms with Gasteiger partial charge in [-0.25, -0.2) is 4.39 Å². The minimum atomic E-state index is -0.367. The highest BCUT2D eigenvalue weighted by atomic mass is 19.1. The summed E-state index contributed by atoms with van der Waals surface area (Å²) >= 11 is 0. The molecule has 0 N–H and O–H groups in total. The average Bonchev–Trinajstić information content (AvgIpc) is 2.29. The van der Waals surface area contributed by atoms with Gasteiger partial charge in [0.1, 0.15) is 11.6 Å². The van der Waals surface area contributed by atoms with Gasteiger partial charge in [0, 0.05) is 22.8 Å². The van der Waals surface area contributed by atoms with Crippen LogP contribution in [-0.2, 0) is 0 Å². The molecule has 1 atom stereocenters. The molecule has 0 saturated carbocycles. The van der Waals surface area contributed by atoms with E-state index in [9.17, 15) is 14.5 Å². The number of nitro groups is 1. The normalized spacial score (nSPS) is 18.4. The summed E-state index contributed by atoms with van der Waals surface area (Å²) in [5.41, 5.74) is 1.33. The number of benzene rings is 1. The molecule has 0 bridgehead atoms. The SMILES string of the molecule is C=C1c2cc(F)ccc2OCC1CC[N+](=O)[O-]. The molecule has 1 aliphatic rings. The summed E-state index contributed by atoms with van der Waals surface area (Å²) in [5.74, 6) is 0.117. The molecule has 0 spiro atoms. The van der Waals surface area contributed by atoms with Gasteiger partial charge in [-0.1, -0.05) is 6.58 Å². The summed E-state index contributed by atoms with van der Waals surface area (Å²) in [6.07, 6.45) is 0.363. The largest absolute Gasteiger partial charge is 0.492 e. The van der Waals surface area contributed by atoms with Gasteiger partial charge < -0.3 is 4.74 Å². The van der Waals surface area contributed by atoms with Gasteiger partial charge in [0.05, 0.1) is 6.61 Å². The summed E-state index contributed by atoms with van der Waals surface area (Å²) in [7, 11) is 0. The Kier molecular flexibility index (Phi) is 3.08. The lowest BCUT2D eigenvalue weighted by Gasteiger charge is -2.26. The van der Waals surface area contributed by atoms with Crippen LogP contribution in [0.4, 0.5) is 4.39 Å². The first-order chi connectivity index (χ1) is 8.08. The molecule has 2 rings (SSSR count). The van der Waals surface area contributed by atoms with Crippen LogP contribution in [0.2, 0.25) is 0 Å². The van der Waals surface area contributed by atoms with Crippen molar-refractivity contribution in [3.8, 4) is 5.75 Å². The molecule has 1 aromatic rings. The van der Waals surface area contributed by atoms with Crippen LogP contribution in [0.1, 0.15) is 12.0 Å². The van der Waals surface area contributed by atoms with E-state index in [4.69, 9.17) is 4.74 Å². The first-order valence-corrected chi connectivity index (χ1v) is 5.31. The lowest BCUT2D eigenvalue weighted by molar-refractivity contribution is -0.481. The van der Waals surface area contributed by atoms with E-state index in [2.05, 4.69) is 6.58 Å². The van der Waals surface area contributed by atoms with Gasteiger partial charge in [0.2, 0.25) is 6.54 Å². The number of ether oxygens (including phenoxy) is 1. The Morgan fingerprint density at radius 2 is 2.35 bits per heavy atom. The van der Waals surface area contributed by atoms with Gasteiger partial charge in [-0.3, -0.25) is 10.1 Å². The zero-order valence-electron chi connectivity index (χ0n) is 9.19. The fourth-order valence-electron chi connectivity index (χ4n) is 1.91. The van der Waals surface area contributed by atoms with Crippen LogP contribution < -0.4 is 4.74 Å². The predicted octanol–water partition coefficient (Wildman–Crippen LogP) is 2.51. The fourth-order valence-corrected chi connectivity index (χ4v) is 1.91. The molecule has 4 nitrogen and oxygen atoms in total. The van der Waals surface area contributed by atoms with E-state index in [0.29, 0.717) is 29.9 Å². The highest BCUT2D eigenvalue weighted by Gasteiger charge is 2.25. The zero-order valence-corrected chi connectivity index (χ0v) is 9.19. The van der Waals surface area contributed by atoms with Gasteiger partial charge in [-0.05, 0) is 23.8 Å². The highest BCUT2D eigenvalue weighted by molar-refractivity contribution is 5.71. The van der Waals surface area contributed by atoms with Crippen LogP contribution in [0.25, 0.3) is 5.57 Å².